The summed E-state index contributed by atoms with van der Waals surface area (Å²) in [6.45, 7) is 7.37. The Morgan fingerprint density at radius 3 is 2.08 bits per heavy atom. The van der Waals surface area contributed by atoms with Crippen LogP contribution >= 0.6 is 0 Å². The van der Waals surface area contributed by atoms with Gasteiger partial charge < -0.3 is 9.80 Å². The minimum atomic E-state index is 0.102. The summed E-state index contributed by atoms with van der Waals surface area (Å²) in [7, 11) is 0. The fourth-order valence-electron chi connectivity index (χ4n) is 3.61. The SMILES string of the molecule is CCc1ccc(C(=O)N2CCN(CC(=O)N3CCCCC3)CC2)cc1. The van der Waals surface area contributed by atoms with Crippen molar-refractivity contribution in [2.45, 2.75) is 32.6 Å². The lowest BCUT2D eigenvalue weighted by Crippen LogP contribution is -2.52. The van der Waals surface area contributed by atoms with Gasteiger partial charge in [0.15, 0.2) is 0 Å². The molecule has 3 rings (SSSR count). The van der Waals surface area contributed by atoms with Crippen molar-refractivity contribution in [1.82, 2.24) is 14.7 Å². The third-order valence-electron chi connectivity index (χ3n) is 5.34. The summed E-state index contributed by atoms with van der Waals surface area (Å²) in [6, 6.07) is 7.91. The number of hydrogen-bond donors (Lipinski definition) is 0. The lowest BCUT2D eigenvalue weighted by atomic mass is 10.1. The highest BCUT2D eigenvalue weighted by atomic mass is 16.2. The number of nitrogens with zero attached hydrogens (tertiary/aromatic N) is 3. The first kappa shape index (κ1) is 17.9. The average Bonchev–Trinajstić information content (AvgIpc) is 2.69. The van der Waals surface area contributed by atoms with E-state index in [0.29, 0.717) is 19.6 Å². The standard InChI is InChI=1S/C20H29N3O2/c1-2-17-6-8-18(9-7-17)20(25)23-14-12-21(13-15-23)16-19(24)22-10-4-3-5-11-22/h6-9H,2-5,10-16H2,1H3. The molecule has 0 aromatic heterocycles. The smallest absolute Gasteiger partial charge is 0.253 e. The molecule has 2 amide bonds. The average molecular weight is 343 g/mol. The predicted octanol–water partition coefficient (Wildman–Crippen LogP) is 2.02. The van der Waals surface area contributed by atoms with Crippen molar-refractivity contribution in [1.29, 1.82) is 0 Å². The number of amides is 2. The monoisotopic (exact) mass is 343 g/mol. The maximum Gasteiger partial charge on any atom is 0.253 e. The number of likely N-dealkylation sites (tertiary alicyclic amines) is 1. The Morgan fingerprint density at radius 1 is 0.840 bits per heavy atom. The zero-order valence-corrected chi connectivity index (χ0v) is 15.2. The van der Waals surface area contributed by atoms with E-state index in [-0.39, 0.29) is 11.8 Å². The fraction of sp³-hybridized carbons (Fsp3) is 0.600. The van der Waals surface area contributed by atoms with Crippen LogP contribution in [0.5, 0.6) is 0 Å². The van der Waals surface area contributed by atoms with Gasteiger partial charge in [0.05, 0.1) is 6.54 Å². The van der Waals surface area contributed by atoms with Crippen LogP contribution in [0.25, 0.3) is 0 Å². The van der Waals surface area contributed by atoms with Crippen molar-refractivity contribution < 1.29 is 9.59 Å². The van der Waals surface area contributed by atoms with E-state index < -0.39 is 0 Å². The summed E-state index contributed by atoms with van der Waals surface area (Å²) < 4.78 is 0. The minimum Gasteiger partial charge on any atom is -0.342 e. The molecule has 2 aliphatic rings. The van der Waals surface area contributed by atoms with Crippen LogP contribution in [0.1, 0.15) is 42.1 Å². The Hall–Kier alpha value is -1.88. The molecular weight excluding hydrogens is 314 g/mol. The molecule has 1 aromatic rings. The Morgan fingerprint density at radius 2 is 1.48 bits per heavy atom. The highest BCUT2D eigenvalue weighted by molar-refractivity contribution is 5.94. The molecule has 5 nitrogen and oxygen atoms in total. The molecule has 0 N–H and O–H groups in total. The second-order valence-corrected chi connectivity index (χ2v) is 7.06. The van der Waals surface area contributed by atoms with E-state index >= 15 is 0 Å². The van der Waals surface area contributed by atoms with Gasteiger partial charge in [0.25, 0.3) is 5.91 Å². The highest BCUT2D eigenvalue weighted by Gasteiger charge is 2.25. The molecule has 2 aliphatic heterocycles. The van der Waals surface area contributed by atoms with Gasteiger partial charge in [-0.25, -0.2) is 0 Å². The van der Waals surface area contributed by atoms with Gasteiger partial charge in [0.1, 0.15) is 0 Å². The largest absolute Gasteiger partial charge is 0.342 e. The zero-order valence-electron chi connectivity index (χ0n) is 15.2. The first-order chi connectivity index (χ1) is 12.2. The van der Waals surface area contributed by atoms with Gasteiger partial charge >= 0.3 is 0 Å². The van der Waals surface area contributed by atoms with Crippen molar-refractivity contribution in [3.8, 4) is 0 Å². The molecule has 0 bridgehead atoms. The van der Waals surface area contributed by atoms with Crippen molar-refractivity contribution in [3.63, 3.8) is 0 Å². The zero-order chi connectivity index (χ0) is 17.6. The number of rotatable bonds is 4. The number of benzene rings is 1. The van der Waals surface area contributed by atoms with Crippen LogP contribution in [0.4, 0.5) is 0 Å². The minimum absolute atomic E-state index is 0.102. The van der Waals surface area contributed by atoms with E-state index in [2.05, 4.69) is 11.8 Å². The predicted molar refractivity (Wildman–Crippen MR) is 98.6 cm³/mol. The van der Waals surface area contributed by atoms with E-state index in [1.165, 1.54) is 12.0 Å². The van der Waals surface area contributed by atoms with Gasteiger partial charge in [-0.2, -0.15) is 0 Å². The normalized spacial score (nSPS) is 19.1. The van der Waals surface area contributed by atoms with E-state index in [0.717, 1.165) is 51.0 Å². The first-order valence-corrected chi connectivity index (χ1v) is 9.55. The third-order valence-corrected chi connectivity index (χ3v) is 5.34. The quantitative estimate of drug-likeness (QED) is 0.840. The molecule has 25 heavy (non-hydrogen) atoms. The van der Waals surface area contributed by atoms with E-state index in [1.54, 1.807) is 0 Å². The fourth-order valence-corrected chi connectivity index (χ4v) is 3.61. The lowest BCUT2D eigenvalue weighted by Gasteiger charge is -2.36. The van der Waals surface area contributed by atoms with Crippen molar-refractivity contribution in [2.75, 3.05) is 45.8 Å². The molecular formula is C20H29N3O2. The van der Waals surface area contributed by atoms with Crippen molar-refractivity contribution in [3.05, 3.63) is 35.4 Å². The molecule has 136 valence electrons. The van der Waals surface area contributed by atoms with Gasteiger partial charge in [0.2, 0.25) is 5.91 Å². The Labute approximate surface area is 150 Å². The van der Waals surface area contributed by atoms with Crippen LogP contribution in [0.15, 0.2) is 24.3 Å². The molecule has 2 saturated heterocycles. The van der Waals surface area contributed by atoms with Crippen LogP contribution in [-0.4, -0.2) is 72.3 Å². The molecule has 2 heterocycles. The summed E-state index contributed by atoms with van der Waals surface area (Å²) in [5.74, 6) is 0.347. The number of carbonyl (C=O) groups excluding carboxylic acids is 2. The van der Waals surface area contributed by atoms with Gasteiger partial charge in [-0.15, -0.1) is 0 Å². The molecule has 1 aromatic carbocycles. The number of carbonyl (C=O) groups is 2. The lowest BCUT2D eigenvalue weighted by molar-refractivity contribution is -0.133. The van der Waals surface area contributed by atoms with Crippen molar-refractivity contribution >= 4 is 11.8 Å². The molecule has 0 radical (unpaired) electrons. The molecule has 5 heteroatoms. The summed E-state index contributed by atoms with van der Waals surface area (Å²) in [5, 5.41) is 0. The molecule has 0 atom stereocenters. The Bertz CT molecular complexity index is 585. The number of hydrogen-bond acceptors (Lipinski definition) is 3. The summed E-state index contributed by atoms with van der Waals surface area (Å²) >= 11 is 0. The van der Waals surface area contributed by atoms with E-state index in [1.807, 2.05) is 34.1 Å². The van der Waals surface area contributed by atoms with Crippen LogP contribution in [0.2, 0.25) is 0 Å². The number of piperidine rings is 1. The maximum absolute atomic E-state index is 12.6. The number of piperazine rings is 1. The van der Waals surface area contributed by atoms with E-state index in [4.69, 9.17) is 0 Å². The topological polar surface area (TPSA) is 43.9 Å². The number of aryl methyl sites for hydroxylation is 1. The molecule has 0 saturated carbocycles. The van der Waals surface area contributed by atoms with Crippen LogP contribution < -0.4 is 0 Å². The van der Waals surface area contributed by atoms with Crippen LogP contribution in [-0.2, 0) is 11.2 Å². The second kappa shape index (κ2) is 8.48. The van der Waals surface area contributed by atoms with E-state index in [9.17, 15) is 9.59 Å². The molecule has 2 fully saturated rings. The summed E-state index contributed by atoms with van der Waals surface area (Å²) in [4.78, 5) is 31.1. The Kier molecular flexibility index (Phi) is 6.08. The van der Waals surface area contributed by atoms with Gasteiger partial charge in [-0.3, -0.25) is 14.5 Å². The first-order valence-electron chi connectivity index (χ1n) is 9.55. The molecule has 0 aliphatic carbocycles. The molecule has 0 unspecified atom stereocenters. The maximum atomic E-state index is 12.6. The summed E-state index contributed by atoms with van der Waals surface area (Å²) in [6.07, 6.45) is 4.48. The third kappa shape index (κ3) is 4.60. The molecule has 0 spiro atoms. The highest BCUT2D eigenvalue weighted by Crippen LogP contribution is 2.12. The van der Waals surface area contributed by atoms with Gasteiger partial charge in [-0.05, 0) is 43.4 Å². The van der Waals surface area contributed by atoms with Crippen LogP contribution in [0, 0.1) is 0 Å². The van der Waals surface area contributed by atoms with Crippen molar-refractivity contribution in [2.24, 2.45) is 0 Å². The summed E-state index contributed by atoms with van der Waals surface area (Å²) in [5.41, 5.74) is 2.01. The van der Waals surface area contributed by atoms with Crippen LogP contribution in [0.3, 0.4) is 0 Å². The Balaban J connectivity index is 1.47. The second-order valence-electron chi connectivity index (χ2n) is 7.06. The van der Waals surface area contributed by atoms with Gasteiger partial charge in [0, 0.05) is 44.8 Å². The van der Waals surface area contributed by atoms with Gasteiger partial charge in [-0.1, -0.05) is 19.1 Å².